The topological polar surface area (TPSA) is 70.6 Å². The van der Waals surface area contributed by atoms with E-state index in [1.165, 1.54) is 0 Å². The molecule has 2 atom stereocenters. The fourth-order valence-electron chi connectivity index (χ4n) is 2.40. The molecule has 1 aromatic carbocycles. The number of anilines is 1. The molecule has 0 spiro atoms. The molecule has 1 heterocycles. The molecular weight excluding hydrogens is 256 g/mol. The van der Waals surface area contributed by atoms with Crippen molar-refractivity contribution in [1.29, 1.82) is 0 Å². The lowest BCUT2D eigenvalue weighted by Crippen LogP contribution is -2.35. The van der Waals surface area contributed by atoms with Gasteiger partial charge in [0.15, 0.2) is 0 Å². The SMILES string of the molecule is COC1CNC(C(=O)Nc2cccc(CCCO)c2)C1. The van der Waals surface area contributed by atoms with Crippen molar-refractivity contribution in [3.8, 4) is 0 Å². The molecule has 0 radical (unpaired) electrons. The number of amides is 1. The van der Waals surface area contributed by atoms with Crippen LogP contribution in [0, 0.1) is 0 Å². The Morgan fingerprint density at radius 1 is 1.55 bits per heavy atom. The molecule has 1 aromatic rings. The van der Waals surface area contributed by atoms with Crippen molar-refractivity contribution in [3.63, 3.8) is 0 Å². The van der Waals surface area contributed by atoms with Gasteiger partial charge in [-0.2, -0.15) is 0 Å². The van der Waals surface area contributed by atoms with E-state index in [0.29, 0.717) is 13.0 Å². The van der Waals surface area contributed by atoms with E-state index in [1.54, 1.807) is 7.11 Å². The molecule has 3 N–H and O–H groups in total. The standard InChI is InChI=1S/C15H22N2O3/c1-20-13-9-14(16-10-13)15(19)17-12-6-2-4-11(8-12)5-3-7-18/h2,4,6,8,13-14,16,18H,3,5,7,9-10H2,1H3,(H,17,19). The molecule has 1 aliphatic rings. The Kier molecular flexibility index (Phi) is 5.52. The monoisotopic (exact) mass is 278 g/mol. The predicted molar refractivity (Wildman–Crippen MR) is 77.7 cm³/mol. The van der Waals surface area contributed by atoms with Crippen molar-refractivity contribution in [2.24, 2.45) is 0 Å². The Hall–Kier alpha value is -1.43. The fourth-order valence-corrected chi connectivity index (χ4v) is 2.40. The highest BCUT2D eigenvalue weighted by Crippen LogP contribution is 2.15. The zero-order valence-corrected chi connectivity index (χ0v) is 11.8. The largest absolute Gasteiger partial charge is 0.396 e. The Morgan fingerprint density at radius 2 is 2.40 bits per heavy atom. The molecule has 2 unspecified atom stereocenters. The van der Waals surface area contributed by atoms with Crippen LogP contribution in [0.15, 0.2) is 24.3 Å². The first-order valence-corrected chi connectivity index (χ1v) is 6.99. The highest BCUT2D eigenvalue weighted by Gasteiger charge is 2.29. The van der Waals surface area contributed by atoms with Gasteiger partial charge in [-0.1, -0.05) is 12.1 Å². The lowest BCUT2D eigenvalue weighted by molar-refractivity contribution is -0.118. The summed E-state index contributed by atoms with van der Waals surface area (Å²) in [6.45, 7) is 0.895. The lowest BCUT2D eigenvalue weighted by atomic mass is 10.1. The van der Waals surface area contributed by atoms with Crippen LogP contribution < -0.4 is 10.6 Å². The molecular formula is C15H22N2O3. The summed E-state index contributed by atoms with van der Waals surface area (Å²) in [5.74, 6) is -0.0242. The highest BCUT2D eigenvalue weighted by molar-refractivity contribution is 5.95. The molecule has 1 saturated heterocycles. The van der Waals surface area contributed by atoms with Gasteiger partial charge in [0.25, 0.3) is 0 Å². The highest BCUT2D eigenvalue weighted by atomic mass is 16.5. The van der Waals surface area contributed by atoms with Gasteiger partial charge in [-0.05, 0) is 37.0 Å². The van der Waals surface area contributed by atoms with Gasteiger partial charge in [-0.3, -0.25) is 4.79 Å². The Balaban J connectivity index is 1.91. The molecule has 0 aromatic heterocycles. The van der Waals surface area contributed by atoms with E-state index in [2.05, 4.69) is 10.6 Å². The lowest BCUT2D eigenvalue weighted by Gasteiger charge is -2.12. The summed E-state index contributed by atoms with van der Waals surface area (Å²) in [6, 6.07) is 7.56. The van der Waals surface area contributed by atoms with Gasteiger partial charge in [0.1, 0.15) is 0 Å². The summed E-state index contributed by atoms with van der Waals surface area (Å²) in [4.78, 5) is 12.1. The van der Waals surface area contributed by atoms with Gasteiger partial charge >= 0.3 is 0 Å². The number of rotatable bonds is 6. The van der Waals surface area contributed by atoms with Crippen LogP contribution in [-0.4, -0.2) is 43.4 Å². The van der Waals surface area contributed by atoms with Crippen molar-refractivity contribution < 1.29 is 14.6 Å². The summed E-state index contributed by atoms with van der Waals surface area (Å²) in [6.07, 6.45) is 2.36. The molecule has 20 heavy (non-hydrogen) atoms. The summed E-state index contributed by atoms with van der Waals surface area (Å²) in [5.41, 5.74) is 1.92. The van der Waals surface area contributed by atoms with Crippen molar-refractivity contribution in [1.82, 2.24) is 5.32 Å². The number of hydrogen-bond donors (Lipinski definition) is 3. The number of ether oxygens (including phenoxy) is 1. The molecule has 0 aliphatic carbocycles. The maximum Gasteiger partial charge on any atom is 0.241 e. The van der Waals surface area contributed by atoms with Crippen molar-refractivity contribution in [3.05, 3.63) is 29.8 Å². The Bertz CT molecular complexity index is 450. The zero-order chi connectivity index (χ0) is 14.4. The van der Waals surface area contributed by atoms with Crippen molar-refractivity contribution in [2.45, 2.75) is 31.4 Å². The number of hydrogen-bond acceptors (Lipinski definition) is 4. The second-order valence-corrected chi connectivity index (χ2v) is 5.07. The smallest absolute Gasteiger partial charge is 0.241 e. The number of aryl methyl sites for hydroxylation is 1. The van der Waals surface area contributed by atoms with E-state index in [4.69, 9.17) is 9.84 Å². The van der Waals surface area contributed by atoms with E-state index in [9.17, 15) is 4.79 Å². The average Bonchev–Trinajstić information content (AvgIpc) is 2.94. The van der Waals surface area contributed by atoms with Crippen LogP contribution in [0.3, 0.4) is 0 Å². The minimum absolute atomic E-state index is 0.0242. The van der Waals surface area contributed by atoms with Gasteiger partial charge in [0.05, 0.1) is 12.1 Å². The molecule has 2 rings (SSSR count). The van der Waals surface area contributed by atoms with E-state index < -0.39 is 0 Å². The van der Waals surface area contributed by atoms with Crippen LogP contribution in [0.4, 0.5) is 5.69 Å². The number of carbonyl (C=O) groups excluding carboxylic acids is 1. The summed E-state index contributed by atoms with van der Waals surface area (Å²) in [5, 5.41) is 14.9. The fraction of sp³-hybridized carbons (Fsp3) is 0.533. The summed E-state index contributed by atoms with van der Waals surface area (Å²) < 4.78 is 5.24. The van der Waals surface area contributed by atoms with Gasteiger partial charge in [0, 0.05) is 25.9 Å². The zero-order valence-electron chi connectivity index (χ0n) is 11.8. The van der Waals surface area contributed by atoms with E-state index >= 15 is 0 Å². The molecule has 5 heteroatoms. The summed E-state index contributed by atoms with van der Waals surface area (Å²) in [7, 11) is 1.66. The molecule has 1 fully saturated rings. The van der Waals surface area contributed by atoms with Gasteiger partial charge in [-0.25, -0.2) is 0 Å². The van der Waals surface area contributed by atoms with Crippen LogP contribution >= 0.6 is 0 Å². The third-order valence-electron chi connectivity index (χ3n) is 3.56. The third kappa shape index (κ3) is 4.03. The average molecular weight is 278 g/mol. The molecule has 110 valence electrons. The normalized spacial score (nSPS) is 21.9. The molecule has 1 amide bonds. The second kappa shape index (κ2) is 7.38. The molecule has 5 nitrogen and oxygen atoms in total. The number of aliphatic hydroxyl groups is 1. The van der Waals surface area contributed by atoms with Gasteiger partial charge in [0.2, 0.25) is 5.91 Å². The number of benzene rings is 1. The first-order chi connectivity index (χ1) is 9.72. The first-order valence-electron chi connectivity index (χ1n) is 6.99. The van der Waals surface area contributed by atoms with E-state index in [0.717, 1.165) is 24.1 Å². The predicted octanol–water partition coefficient (Wildman–Crippen LogP) is 0.927. The van der Waals surface area contributed by atoms with Gasteiger partial charge in [-0.15, -0.1) is 0 Å². The van der Waals surface area contributed by atoms with Crippen molar-refractivity contribution >= 4 is 11.6 Å². The van der Waals surface area contributed by atoms with E-state index in [1.807, 2.05) is 24.3 Å². The summed E-state index contributed by atoms with van der Waals surface area (Å²) >= 11 is 0. The quantitative estimate of drug-likeness (QED) is 0.724. The van der Waals surface area contributed by atoms with Gasteiger partial charge < -0.3 is 20.5 Å². The Labute approximate surface area is 119 Å². The molecule has 0 bridgehead atoms. The van der Waals surface area contributed by atoms with Crippen LogP contribution in [-0.2, 0) is 16.0 Å². The number of carbonyl (C=O) groups is 1. The Morgan fingerprint density at radius 3 is 3.10 bits per heavy atom. The number of aliphatic hydroxyl groups excluding tert-OH is 1. The van der Waals surface area contributed by atoms with E-state index in [-0.39, 0.29) is 24.7 Å². The van der Waals surface area contributed by atoms with Crippen LogP contribution in [0.2, 0.25) is 0 Å². The van der Waals surface area contributed by atoms with Crippen LogP contribution in [0.1, 0.15) is 18.4 Å². The third-order valence-corrected chi connectivity index (χ3v) is 3.56. The minimum atomic E-state index is -0.193. The minimum Gasteiger partial charge on any atom is -0.396 e. The maximum atomic E-state index is 12.1. The molecule has 1 aliphatic heterocycles. The number of nitrogens with one attached hydrogen (secondary N) is 2. The first kappa shape index (κ1) is 15.0. The number of methoxy groups -OCH3 is 1. The van der Waals surface area contributed by atoms with Crippen molar-refractivity contribution in [2.75, 3.05) is 25.6 Å². The van der Waals surface area contributed by atoms with Crippen LogP contribution in [0.25, 0.3) is 0 Å². The maximum absolute atomic E-state index is 12.1. The van der Waals surface area contributed by atoms with Crippen LogP contribution in [0.5, 0.6) is 0 Å². The molecule has 0 saturated carbocycles. The second-order valence-electron chi connectivity index (χ2n) is 5.07.